The van der Waals surface area contributed by atoms with Crippen LogP contribution in [0, 0.1) is 12.8 Å². The Hall–Kier alpha value is -2.14. The van der Waals surface area contributed by atoms with Crippen molar-refractivity contribution in [3.05, 3.63) is 57.8 Å². The number of likely N-dealkylation sites (tertiary alicyclic amines) is 1. The molecule has 3 rings (SSSR count). The molecule has 0 N–H and O–H groups in total. The second kappa shape index (κ2) is 7.40. The molecule has 0 bridgehead atoms. The summed E-state index contributed by atoms with van der Waals surface area (Å²) in [5.41, 5.74) is 2.33. The summed E-state index contributed by atoms with van der Waals surface area (Å²) < 4.78 is 0. The summed E-state index contributed by atoms with van der Waals surface area (Å²) in [6.45, 7) is 5.78. The summed E-state index contributed by atoms with van der Waals surface area (Å²) in [6, 6.07) is 12.1. The Morgan fingerprint density at radius 3 is 2.52 bits per heavy atom. The van der Waals surface area contributed by atoms with Crippen LogP contribution in [0.4, 0.5) is 0 Å². The van der Waals surface area contributed by atoms with Crippen molar-refractivity contribution < 1.29 is 9.59 Å². The first-order valence-electron chi connectivity index (χ1n) is 8.65. The van der Waals surface area contributed by atoms with Gasteiger partial charge >= 0.3 is 0 Å². The third kappa shape index (κ3) is 3.61. The van der Waals surface area contributed by atoms with Crippen molar-refractivity contribution in [2.24, 2.45) is 5.92 Å². The molecule has 2 heterocycles. The molecular formula is C20H24N2O2S. The third-order valence-corrected chi connectivity index (χ3v) is 5.87. The van der Waals surface area contributed by atoms with Crippen LogP contribution in [0.3, 0.4) is 0 Å². The largest absolute Gasteiger partial charge is 0.346 e. The minimum absolute atomic E-state index is 0.0292. The van der Waals surface area contributed by atoms with Gasteiger partial charge in [-0.15, -0.1) is 11.3 Å². The van der Waals surface area contributed by atoms with Gasteiger partial charge in [-0.25, -0.2) is 0 Å². The van der Waals surface area contributed by atoms with Crippen LogP contribution in [0.1, 0.15) is 33.6 Å². The van der Waals surface area contributed by atoms with E-state index in [0.29, 0.717) is 19.6 Å². The lowest BCUT2D eigenvalue weighted by molar-refractivity contribution is -0.133. The van der Waals surface area contributed by atoms with E-state index in [1.807, 2.05) is 36.4 Å². The summed E-state index contributed by atoms with van der Waals surface area (Å²) >= 11 is 1.45. The Morgan fingerprint density at radius 2 is 1.92 bits per heavy atom. The van der Waals surface area contributed by atoms with Gasteiger partial charge in [0.15, 0.2) is 0 Å². The highest BCUT2D eigenvalue weighted by Gasteiger charge is 2.41. The fraction of sp³-hybridized carbons (Fsp3) is 0.400. The molecular weight excluding hydrogens is 332 g/mol. The monoisotopic (exact) mass is 356 g/mol. The minimum atomic E-state index is -0.184. The molecule has 1 fully saturated rings. The topological polar surface area (TPSA) is 40.6 Å². The van der Waals surface area contributed by atoms with Crippen LogP contribution < -0.4 is 0 Å². The second-order valence-electron chi connectivity index (χ2n) is 6.66. The lowest BCUT2D eigenvalue weighted by Gasteiger charge is -2.23. The number of hydrogen-bond donors (Lipinski definition) is 0. The summed E-state index contributed by atoms with van der Waals surface area (Å²) in [7, 11) is 1.83. The maximum absolute atomic E-state index is 12.9. The molecule has 1 aliphatic heterocycles. The van der Waals surface area contributed by atoms with E-state index in [0.717, 1.165) is 10.4 Å². The molecule has 0 aliphatic carbocycles. The average Bonchev–Trinajstić information content (AvgIpc) is 3.30. The molecule has 0 saturated carbocycles. The van der Waals surface area contributed by atoms with Gasteiger partial charge in [0.2, 0.25) is 5.91 Å². The van der Waals surface area contributed by atoms with Crippen molar-refractivity contribution in [2.45, 2.75) is 19.8 Å². The van der Waals surface area contributed by atoms with E-state index < -0.39 is 0 Å². The number of hydrogen-bond acceptors (Lipinski definition) is 3. The molecule has 2 unspecified atom stereocenters. The molecule has 1 aliphatic rings. The highest BCUT2D eigenvalue weighted by molar-refractivity contribution is 7.12. The van der Waals surface area contributed by atoms with Gasteiger partial charge in [0.05, 0.1) is 10.8 Å². The summed E-state index contributed by atoms with van der Waals surface area (Å²) in [5, 5.41) is 1.91. The van der Waals surface area contributed by atoms with E-state index in [9.17, 15) is 9.59 Å². The van der Waals surface area contributed by atoms with Gasteiger partial charge in [-0.3, -0.25) is 9.59 Å². The smallest absolute Gasteiger partial charge is 0.263 e. The van der Waals surface area contributed by atoms with Gasteiger partial charge in [-0.05, 0) is 30.9 Å². The molecule has 2 atom stereocenters. The van der Waals surface area contributed by atoms with Crippen LogP contribution in [-0.4, -0.2) is 48.3 Å². The van der Waals surface area contributed by atoms with E-state index in [2.05, 4.69) is 31.2 Å². The molecule has 25 heavy (non-hydrogen) atoms. The summed E-state index contributed by atoms with van der Waals surface area (Å²) in [5.74, 6) is 0.0127. The van der Waals surface area contributed by atoms with Crippen LogP contribution >= 0.6 is 11.3 Å². The van der Waals surface area contributed by atoms with Crippen molar-refractivity contribution in [1.29, 1.82) is 0 Å². The number of benzene rings is 1. The van der Waals surface area contributed by atoms with Gasteiger partial charge in [0.1, 0.15) is 0 Å². The molecule has 5 heteroatoms. The van der Waals surface area contributed by atoms with Crippen LogP contribution in [0.2, 0.25) is 0 Å². The molecule has 2 amide bonds. The Labute approximate surface area is 153 Å². The first-order chi connectivity index (χ1) is 12.0. The Kier molecular flexibility index (Phi) is 5.23. The molecule has 132 valence electrons. The number of rotatable bonds is 4. The molecule has 1 aromatic heterocycles. The van der Waals surface area contributed by atoms with Gasteiger partial charge in [-0.1, -0.05) is 35.9 Å². The molecule has 1 saturated heterocycles. The predicted octanol–water partition coefficient (Wildman–Crippen LogP) is 3.39. The lowest BCUT2D eigenvalue weighted by atomic mass is 9.87. The van der Waals surface area contributed by atoms with E-state index in [4.69, 9.17) is 0 Å². The molecule has 0 spiro atoms. The zero-order chi connectivity index (χ0) is 18.0. The van der Waals surface area contributed by atoms with Crippen molar-refractivity contribution in [3.8, 4) is 0 Å². The second-order valence-corrected chi connectivity index (χ2v) is 7.61. The van der Waals surface area contributed by atoms with E-state index in [1.165, 1.54) is 16.9 Å². The summed E-state index contributed by atoms with van der Waals surface area (Å²) in [4.78, 5) is 30.0. The van der Waals surface area contributed by atoms with E-state index in [1.54, 1.807) is 4.90 Å². The maximum Gasteiger partial charge on any atom is 0.263 e. The third-order valence-electron chi connectivity index (χ3n) is 5.01. The van der Waals surface area contributed by atoms with Crippen molar-refractivity contribution in [3.63, 3.8) is 0 Å². The molecule has 2 aromatic rings. The predicted molar refractivity (Wildman–Crippen MR) is 101 cm³/mol. The number of thiophene rings is 1. The molecule has 4 nitrogen and oxygen atoms in total. The minimum Gasteiger partial charge on any atom is -0.346 e. The van der Waals surface area contributed by atoms with Crippen molar-refractivity contribution in [2.75, 3.05) is 26.7 Å². The Morgan fingerprint density at radius 1 is 1.20 bits per heavy atom. The van der Waals surface area contributed by atoms with E-state index in [-0.39, 0.29) is 23.7 Å². The van der Waals surface area contributed by atoms with Crippen LogP contribution in [-0.2, 0) is 4.79 Å². The van der Waals surface area contributed by atoms with Gasteiger partial charge < -0.3 is 9.80 Å². The maximum atomic E-state index is 12.9. The normalized spacial score (nSPS) is 19.9. The van der Waals surface area contributed by atoms with Gasteiger partial charge in [-0.2, -0.15) is 0 Å². The number of nitrogens with zero attached hydrogens (tertiary/aromatic N) is 2. The Balaban J connectivity index is 1.88. The summed E-state index contributed by atoms with van der Waals surface area (Å²) in [6.07, 6.45) is 0. The molecule has 1 aromatic carbocycles. The van der Waals surface area contributed by atoms with E-state index >= 15 is 0 Å². The van der Waals surface area contributed by atoms with Gasteiger partial charge in [0, 0.05) is 32.6 Å². The first-order valence-corrected chi connectivity index (χ1v) is 9.53. The first kappa shape index (κ1) is 17.7. The zero-order valence-corrected chi connectivity index (χ0v) is 15.8. The SMILES string of the molecule is CCN(C)C(=O)C1CN(C(=O)c2cccs2)CC1c1ccc(C)cc1. The van der Waals surface area contributed by atoms with Crippen LogP contribution in [0.5, 0.6) is 0 Å². The average molecular weight is 356 g/mol. The highest BCUT2D eigenvalue weighted by Crippen LogP contribution is 2.35. The van der Waals surface area contributed by atoms with Crippen molar-refractivity contribution >= 4 is 23.2 Å². The standard InChI is InChI=1S/C20H24N2O2S/c1-4-21(3)19(23)17-13-22(20(24)18-6-5-11-25-18)12-16(17)15-9-7-14(2)8-10-15/h5-11,16-17H,4,12-13H2,1-3H3. The highest BCUT2D eigenvalue weighted by atomic mass is 32.1. The number of aryl methyl sites for hydroxylation is 1. The lowest BCUT2D eigenvalue weighted by Crippen LogP contribution is -2.36. The number of carbonyl (C=O) groups is 2. The fourth-order valence-corrected chi connectivity index (χ4v) is 4.06. The van der Waals surface area contributed by atoms with Crippen molar-refractivity contribution in [1.82, 2.24) is 9.80 Å². The fourth-order valence-electron chi connectivity index (χ4n) is 3.37. The number of carbonyl (C=O) groups excluding carboxylic acids is 2. The Bertz CT molecular complexity index is 740. The quantitative estimate of drug-likeness (QED) is 0.842. The molecule has 0 radical (unpaired) electrons. The van der Waals surface area contributed by atoms with Crippen LogP contribution in [0.15, 0.2) is 41.8 Å². The van der Waals surface area contributed by atoms with Gasteiger partial charge in [0.25, 0.3) is 5.91 Å². The number of amides is 2. The van der Waals surface area contributed by atoms with Crippen LogP contribution in [0.25, 0.3) is 0 Å². The zero-order valence-electron chi connectivity index (χ0n) is 14.9.